The minimum absolute atomic E-state index is 0.0816. The summed E-state index contributed by atoms with van der Waals surface area (Å²) in [6.45, 7) is 2.34. The van der Waals surface area contributed by atoms with Crippen molar-refractivity contribution in [1.29, 1.82) is 0 Å². The number of benzene rings is 1. The van der Waals surface area contributed by atoms with Gasteiger partial charge in [-0.15, -0.1) is 0 Å². The number of hydrogen-bond acceptors (Lipinski definition) is 2. The predicted molar refractivity (Wildman–Crippen MR) is 81.3 cm³/mol. The Kier molecular flexibility index (Phi) is 2.29. The highest BCUT2D eigenvalue weighted by Gasteiger charge is 2.62. The number of phenolic OH excluding ortho intramolecular Hbond substituents is 1. The quantitative estimate of drug-likeness (QED) is 0.761. The Morgan fingerprint density at radius 1 is 1.10 bits per heavy atom. The van der Waals surface area contributed by atoms with Crippen LogP contribution in [0.1, 0.15) is 62.0 Å². The van der Waals surface area contributed by atoms with E-state index >= 15 is 0 Å². The maximum atomic E-state index is 10.5. The lowest BCUT2D eigenvalue weighted by molar-refractivity contribution is -0.0265. The van der Waals surface area contributed by atoms with Crippen molar-refractivity contribution in [2.45, 2.75) is 57.0 Å². The fraction of sp³-hybridized carbons (Fsp3) is 0.684. The predicted octanol–water partition coefficient (Wildman–Crippen LogP) is 3.78. The van der Waals surface area contributed by atoms with Gasteiger partial charge in [-0.05, 0) is 90.4 Å². The van der Waals surface area contributed by atoms with Gasteiger partial charge in [0.1, 0.15) is 5.75 Å². The maximum absolute atomic E-state index is 10.5. The van der Waals surface area contributed by atoms with Gasteiger partial charge >= 0.3 is 0 Å². The van der Waals surface area contributed by atoms with Crippen molar-refractivity contribution in [2.75, 3.05) is 0 Å². The van der Waals surface area contributed by atoms with E-state index in [0.717, 1.165) is 24.7 Å². The van der Waals surface area contributed by atoms with Crippen molar-refractivity contribution in [1.82, 2.24) is 0 Å². The number of hydrogen-bond donors (Lipinski definition) is 2. The van der Waals surface area contributed by atoms with Gasteiger partial charge in [-0.1, -0.05) is 13.0 Å². The van der Waals surface area contributed by atoms with Crippen LogP contribution in [0.5, 0.6) is 5.75 Å². The third-order valence-corrected chi connectivity index (χ3v) is 7.49. The van der Waals surface area contributed by atoms with Crippen LogP contribution in [0.4, 0.5) is 0 Å². The Balaban J connectivity index is 1.60. The summed E-state index contributed by atoms with van der Waals surface area (Å²) in [4.78, 5) is 0. The van der Waals surface area contributed by atoms with Crippen molar-refractivity contribution in [3.05, 3.63) is 29.3 Å². The van der Waals surface area contributed by atoms with E-state index in [1.54, 1.807) is 0 Å². The number of phenols is 1. The molecule has 4 aliphatic rings. The molecule has 112 valence electrons. The molecule has 1 aromatic carbocycles. The van der Waals surface area contributed by atoms with Crippen molar-refractivity contribution >= 4 is 0 Å². The van der Waals surface area contributed by atoms with E-state index in [0.29, 0.717) is 23.5 Å². The van der Waals surface area contributed by atoms with Gasteiger partial charge in [0.05, 0.1) is 6.10 Å². The number of rotatable bonds is 0. The fourth-order valence-corrected chi connectivity index (χ4v) is 6.35. The lowest BCUT2D eigenvalue weighted by atomic mass is 9.55. The first kappa shape index (κ1) is 12.5. The summed E-state index contributed by atoms with van der Waals surface area (Å²) in [6, 6.07) is 6.08. The number of aromatic hydroxyl groups is 1. The normalized spacial score (nSPS) is 49.8. The largest absolute Gasteiger partial charge is 0.508 e. The van der Waals surface area contributed by atoms with Crippen molar-refractivity contribution in [3.8, 4) is 5.75 Å². The van der Waals surface area contributed by atoms with Gasteiger partial charge in [0, 0.05) is 0 Å². The first-order valence-electron chi connectivity index (χ1n) is 8.60. The summed E-state index contributed by atoms with van der Waals surface area (Å²) in [5, 5.41) is 20.3. The smallest absolute Gasteiger partial charge is 0.115 e. The molecule has 4 aliphatic carbocycles. The number of aliphatic hydroxyl groups excluding tert-OH is 1. The highest BCUT2D eigenvalue weighted by molar-refractivity contribution is 5.46. The molecule has 0 aliphatic heterocycles. The summed E-state index contributed by atoms with van der Waals surface area (Å²) < 4.78 is 0. The molecule has 5 rings (SSSR count). The molecule has 0 radical (unpaired) electrons. The van der Waals surface area contributed by atoms with Crippen molar-refractivity contribution < 1.29 is 10.2 Å². The average molecular weight is 284 g/mol. The lowest BCUT2D eigenvalue weighted by Crippen LogP contribution is -2.44. The van der Waals surface area contributed by atoms with Crippen LogP contribution >= 0.6 is 0 Å². The molecule has 1 aromatic rings. The van der Waals surface area contributed by atoms with E-state index in [2.05, 4.69) is 13.0 Å². The second-order valence-corrected chi connectivity index (χ2v) is 8.25. The van der Waals surface area contributed by atoms with Crippen LogP contribution in [-0.4, -0.2) is 16.3 Å². The minimum atomic E-state index is -0.0816. The second-order valence-electron chi connectivity index (χ2n) is 8.25. The van der Waals surface area contributed by atoms with Crippen LogP contribution in [0, 0.1) is 23.2 Å². The summed E-state index contributed by atoms with van der Waals surface area (Å²) in [7, 11) is 0. The number of fused-ring (bicyclic) bond motifs is 8. The topological polar surface area (TPSA) is 40.5 Å². The lowest BCUT2D eigenvalue weighted by Gasteiger charge is -2.50. The standard InChI is InChI=1S/C19H24O2/c1-19-7-6-12-11-3-2-10(20)8-13(11)14-9-15(14)18(12)16(19)4-5-17(19)21/h2-3,8,12,14-18,20-21H,4-7,9H2,1H3/t12-,14+,15+,16+,17+,18+,19+/m1/s1. The van der Waals surface area contributed by atoms with Gasteiger partial charge in [-0.25, -0.2) is 0 Å². The van der Waals surface area contributed by atoms with Gasteiger partial charge in [0.15, 0.2) is 0 Å². The molecular formula is C19H24O2. The Bertz CT molecular complexity index is 610. The molecular weight excluding hydrogens is 260 g/mol. The molecule has 3 saturated carbocycles. The zero-order chi connectivity index (χ0) is 14.4. The van der Waals surface area contributed by atoms with E-state index in [-0.39, 0.29) is 11.5 Å². The molecule has 0 aromatic heterocycles. The van der Waals surface area contributed by atoms with E-state index in [9.17, 15) is 10.2 Å². The van der Waals surface area contributed by atoms with Gasteiger partial charge in [-0.3, -0.25) is 0 Å². The highest BCUT2D eigenvalue weighted by Crippen LogP contribution is 2.70. The van der Waals surface area contributed by atoms with Crippen LogP contribution in [-0.2, 0) is 0 Å². The van der Waals surface area contributed by atoms with E-state index in [4.69, 9.17) is 0 Å². The third-order valence-electron chi connectivity index (χ3n) is 7.49. The maximum Gasteiger partial charge on any atom is 0.115 e. The summed E-state index contributed by atoms with van der Waals surface area (Å²) in [6.07, 6.45) is 5.83. The summed E-state index contributed by atoms with van der Waals surface area (Å²) >= 11 is 0. The first-order valence-corrected chi connectivity index (χ1v) is 8.60. The zero-order valence-electron chi connectivity index (χ0n) is 12.6. The van der Waals surface area contributed by atoms with Crippen LogP contribution in [0.25, 0.3) is 0 Å². The molecule has 21 heavy (non-hydrogen) atoms. The average Bonchev–Trinajstić information content (AvgIpc) is 3.20. The van der Waals surface area contributed by atoms with Gasteiger partial charge in [-0.2, -0.15) is 0 Å². The molecule has 0 bridgehead atoms. The highest BCUT2D eigenvalue weighted by atomic mass is 16.3. The molecule has 2 heteroatoms. The fourth-order valence-electron chi connectivity index (χ4n) is 6.35. The molecule has 0 unspecified atom stereocenters. The Morgan fingerprint density at radius 3 is 2.81 bits per heavy atom. The molecule has 7 atom stereocenters. The van der Waals surface area contributed by atoms with Crippen LogP contribution in [0.3, 0.4) is 0 Å². The molecule has 0 spiro atoms. The Labute approximate surface area is 126 Å². The first-order chi connectivity index (χ1) is 10.1. The molecule has 2 nitrogen and oxygen atoms in total. The second kappa shape index (κ2) is 3.84. The van der Waals surface area contributed by atoms with Gasteiger partial charge in [0.25, 0.3) is 0 Å². The van der Waals surface area contributed by atoms with Gasteiger partial charge in [0.2, 0.25) is 0 Å². The zero-order valence-corrected chi connectivity index (χ0v) is 12.6. The summed E-state index contributed by atoms with van der Waals surface area (Å²) in [5.74, 6) is 4.10. The third kappa shape index (κ3) is 1.47. The molecule has 2 N–H and O–H groups in total. The van der Waals surface area contributed by atoms with E-state index in [1.165, 1.54) is 30.4 Å². The van der Waals surface area contributed by atoms with Crippen molar-refractivity contribution in [3.63, 3.8) is 0 Å². The van der Waals surface area contributed by atoms with Crippen LogP contribution in [0.15, 0.2) is 18.2 Å². The molecule has 0 amide bonds. The number of aliphatic hydroxyl groups is 1. The van der Waals surface area contributed by atoms with E-state index < -0.39 is 0 Å². The monoisotopic (exact) mass is 284 g/mol. The van der Waals surface area contributed by atoms with Crippen molar-refractivity contribution in [2.24, 2.45) is 23.2 Å². The SMILES string of the molecule is C[C@]12CC[C@@H]3c4ccc(O)cc4[C@@H]4C[C@@H]4[C@H]3[C@@H]1CC[C@@H]2O. The van der Waals surface area contributed by atoms with E-state index in [1.807, 2.05) is 12.1 Å². The Morgan fingerprint density at radius 2 is 1.95 bits per heavy atom. The Hall–Kier alpha value is -1.02. The molecule has 0 heterocycles. The minimum Gasteiger partial charge on any atom is -0.508 e. The van der Waals surface area contributed by atoms with Crippen LogP contribution < -0.4 is 0 Å². The van der Waals surface area contributed by atoms with Gasteiger partial charge < -0.3 is 10.2 Å². The molecule has 0 saturated heterocycles. The summed E-state index contributed by atoms with van der Waals surface area (Å²) in [5.41, 5.74) is 3.12. The van der Waals surface area contributed by atoms with Crippen LogP contribution in [0.2, 0.25) is 0 Å². The molecule has 3 fully saturated rings.